The zero-order chi connectivity index (χ0) is 17.3. The molecule has 1 heterocycles. The van der Waals surface area contributed by atoms with Crippen LogP contribution in [0.2, 0.25) is 0 Å². The molecule has 0 aliphatic carbocycles. The highest BCUT2D eigenvalue weighted by molar-refractivity contribution is 8.00. The van der Waals surface area contributed by atoms with E-state index < -0.39 is 11.6 Å². The fourth-order valence-corrected chi connectivity index (χ4v) is 4.34. The van der Waals surface area contributed by atoms with Gasteiger partial charge in [0, 0.05) is 15.7 Å². The lowest BCUT2D eigenvalue weighted by atomic mass is 10.00. The van der Waals surface area contributed by atoms with Crippen LogP contribution in [0.4, 0.5) is 13.2 Å². The van der Waals surface area contributed by atoms with E-state index in [2.05, 4.69) is 0 Å². The summed E-state index contributed by atoms with van der Waals surface area (Å²) in [5.74, 6) is -1.91. The van der Waals surface area contributed by atoms with Gasteiger partial charge in [-0.1, -0.05) is 12.1 Å². The smallest absolute Gasteiger partial charge is 0.159 e. The van der Waals surface area contributed by atoms with E-state index in [0.29, 0.717) is 18.4 Å². The van der Waals surface area contributed by atoms with Gasteiger partial charge in [0.25, 0.3) is 0 Å². The van der Waals surface area contributed by atoms with Crippen molar-refractivity contribution in [2.45, 2.75) is 49.0 Å². The van der Waals surface area contributed by atoms with Crippen LogP contribution in [0.1, 0.15) is 25.0 Å². The quantitative estimate of drug-likeness (QED) is 0.735. The lowest BCUT2D eigenvalue weighted by Gasteiger charge is -2.25. The molecule has 2 aromatic rings. The first kappa shape index (κ1) is 17.4. The van der Waals surface area contributed by atoms with Crippen LogP contribution < -0.4 is 0 Å². The summed E-state index contributed by atoms with van der Waals surface area (Å²) in [5, 5.41) is 0.0485. The molecule has 0 saturated carbocycles. The van der Waals surface area contributed by atoms with Crippen molar-refractivity contribution in [3.05, 3.63) is 65.0 Å². The molecule has 128 valence electrons. The van der Waals surface area contributed by atoms with Gasteiger partial charge in [0.1, 0.15) is 5.82 Å². The van der Waals surface area contributed by atoms with Crippen molar-refractivity contribution in [1.82, 2.24) is 0 Å². The average Bonchev–Trinajstić information content (AvgIpc) is 2.95. The second-order valence-electron chi connectivity index (χ2n) is 6.25. The molecule has 0 saturated heterocycles. The van der Waals surface area contributed by atoms with Gasteiger partial charge in [-0.3, -0.25) is 0 Å². The Morgan fingerprint density at radius 1 is 1.08 bits per heavy atom. The number of hydrogen-bond donors (Lipinski definition) is 0. The summed E-state index contributed by atoms with van der Waals surface area (Å²) in [6.45, 7) is 3.87. The Kier molecular flexibility index (Phi) is 5.21. The van der Waals surface area contributed by atoms with E-state index in [9.17, 15) is 13.2 Å². The van der Waals surface area contributed by atoms with Crippen LogP contribution in [-0.4, -0.2) is 17.5 Å². The third-order valence-corrected chi connectivity index (χ3v) is 5.45. The topological polar surface area (TPSA) is 9.23 Å². The van der Waals surface area contributed by atoms with Gasteiger partial charge in [-0.15, -0.1) is 11.8 Å². The maximum atomic E-state index is 14.0. The third-order valence-electron chi connectivity index (χ3n) is 4.04. The molecule has 5 heteroatoms. The summed E-state index contributed by atoms with van der Waals surface area (Å²) >= 11 is 1.59. The molecular formula is C19H19F3OS. The molecule has 0 bridgehead atoms. The Bertz CT molecular complexity index is 733. The van der Waals surface area contributed by atoms with Crippen LogP contribution in [0.5, 0.6) is 0 Å². The zero-order valence-electron chi connectivity index (χ0n) is 13.6. The zero-order valence-corrected chi connectivity index (χ0v) is 14.4. The minimum atomic E-state index is -0.857. The minimum Gasteiger partial charge on any atom is -0.374 e. The number of fused-ring (bicyclic) bond motifs is 1. The summed E-state index contributed by atoms with van der Waals surface area (Å²) in [7, 11) is 0. The predicted molar refractivity (Wildman–Crippen MR) is 89.8 cm³/mol. The van der Waals surface area contributed by atoms with E-state index in [1.165, 1.54) is 12.1 Å². The second kappa shape index (κ2) is 7.19. The van der Waals surface area contributed by atoms with Crippen molar-refractivity contribution in [3.8, 4) is 0 Å². The number of hydrogen-bond acceptors (Lipinski definition) is 2. The molecule has 24 heavy (non-hydrogen) atoms. The molecule has 3 rings (SSSR count). The monoisotopic (exact) mass is 352 g/mol. The van der Waals surface area contributed by atoms with E-state index >= 15 is 0 Å². The van der Waals surface area contributed by atoms with Crippen molar-refractivity contribution in [2.75, 3.05) is 0 Å². The summed E-state index contributed by atoms with van der Waals surface area (Å²) in [4.78, 5) is 0.933. The number of thioether (sulfide) groups is 1. The number of halogens is 3. The molecule has 0 radical (unpaired) electrons. The Morgan fingerprint density at radius 3 is 2.54 bits per heavy atom. The summed E-state index contributed by atoms with van der Waals surface area (Å²) in [5.41, 5.74) is 1.40. The molecule has 1 nitrogen and oxygen atoms in total. The van der Waals surface area contributed by atoms with E-state index in [4.69, 9.17) is 4.74 Å². The van der Waals surface area contributed by atoms with Gasteiger partial charge in [0.15, 0.2) is 11.6 Å². The molecule has 0 N–H and O–H groups in total. The molecule has 0 amide bonds. The highest BCUT2D eigenvalue weighted by Crippen LogP contribution is 2.41. The molecule has 2 aromatic carbocycles. The molecular weight excluding hydrogens is 333 g/mol. The van der Waals surface area contributed by atoms with Crippen LogP contribution in [0.15, 0.2) is 41.3 Å². The minimum absolute atomic E-state index is 0.00513. The lowest BCUT2D eigenvalue weighted by molar-refractivity contribution is 0.00775. The summed E-state index contributed by atoms with van der Waals surface area (Å²) < 4.78 is 46.6. The second-order valence-corrected chi connectivity index (χ2v) is 7.53. The van der Waals surface area contributed by atoms with Crippen molar-refractivity contribution >= 4 is 11.8 Å². The SMILES string of the molecule is CC(C)OC(Cc1ccc(F)c(F)c1)C1Cc2c(F)cccc2S1. The van der Waals surface area contributed by atoms with Gasteiger partial charge >= 0.3 is 0 Å². The van der Waals surface area contributed by atoms with Crippen LogP contribution in [0.3, 0.4) is 0 Å². The maximum Gasteiger partial charge on any atom is 0.159 e. The van der Waals surface area contributed by atoms with E-state index in [1.807, 2.05) is 19.9 Å². The standard InChI is InChI=1S/C19H19F3OS/c1-11(2)23-17(9-12-6-7-15(21)16(22)8-12)19-10-13-14(20)4-3-5-18(13)24-19/h3-8,11,17,19H,9-10H2,1-2H3. The van der Waals surface area contributed by atoms with Crippen LogP contribution in [0, 0.1) is 17.5 Å². The van der Waals surface area contributed by atoms with Crippen molar-refractivity contribution in [2.24, 2.45) is 0 Å². The first-order valence-electron chi connectivity index (χ1n) is 7.97. The van der Waals surface area contributed by atoms with Crippen LogP contribution in [-0.2, 0) is 17.6 Å². The van der Waals surface area contributed by atoms with Gasteiger partial charge < -0.3 is 4.74 Å². The van der Waals surface area contributed by atoms with Gasteiger partial charge in [-0.05, 0) is 56.5 Å². The third kappa shape index (κ3) is 3.78. The van der Waals surface area contributed by atoms with Gasteiger partial charge in [-0.2, -0.15) is 0 Å². The fraction of sp³-hybridized carbons (Fsp3) is 0.368. The molecule has 2 unspecified atom stereocenters. The molecule has 1 aliphatic rings. The fourth-order valence-electron chi connectivity index (χ4n) is 2.98. The molecule has 0 spiro atoms. The maximum absolute atomic E-state index is 14.0. The molecule has 0 fully saturated rings. The normalized spacial score (nSPS) is 18.0. The van der Waals surface area contributed by atoms with Crippen molar-refractivity contribution < 1.29 is 17.9 Å². The molecule has 2 atom stereocenters. The van der Waals surface area contributed by atoms with E-state index in [0.717, 1.165) is 16.5 Å². The van der Waals surface area contributed by atoms with Gasteiger partial charge in [0.05, 0.1) is 12.2 Å². The first-order chi connectivity index (χ1) is 11.4. The highest BCUT2D eigenvalue weighted by atomic mass is 32.2. The Labute approximate surface area is 144 Å². The largest absolute Gasteiger partial charge is 0.374 e. The number of benzene rings is 2. The Balaban J connectivity index is 1.80. The lowest BCUT2D eigenvalue weighted by Crippen LogP contribution is -2.31. The number of ether oxygens (including phenoxy) is 1. The Hall–Kier alpha value is -1.46. The first-order valence-corrected chi connectivity index (χ1v) is 8.85. The average molecular weight is 352 g/mol. The highest BCUT2D eigenvalue weighted by Gasteiger charge is 2.32. The van der Waals surface area contributed by atoms with Crippen LogP contribution in [0.25, 0.3) is 0 Å². The van der Waals surface area contributed by atoms with Crippen molar-refractivity contribution in [3.63, 3.8) is 0 Å². The molecule has 0 aromatic heterocycles. The van der Waals surface area contributed by atoms with Gasteiger partial charge in [0.2, 0.25) is 0 Å². The van der Waals surface area contributed by atoms with Gasteiger partial charge in [-0.25, -0.2) is 13.2 Å². The molecule has 1 aliphatic heterocycles. The predicted octanol–water partition coefficient (Wildman–Crippen LogP) is 5.16. The van der Waals surface area contributed by atoms with E-state index in [1.54, 1.807) is 23.9 Å². The van der Waals surface area contributed by atoms with E-state index in [-0.39, 0.29) is 23.3 Å². The summed E-state index contributed by atoms with van der Waals surface area (Å²) in [6, 6.07) is 8.99. The van der Waals surface area contributed by atoms with Crippen LogP contribution >= 0.6 is 11.8 Å². The number of rotatable bonds is 5. The summed E-state index contributed by atoms with van der Waals surface area (Å²) in [6.07, 6.45) is 0.831. The Morgan fingerprint density at radius 2 is 1.88 bits per heavy atom. The van der Waals surface area contributed by atoms with Crippen molar-refractivity contribution in [1.29, 1.82) is 0 Å².